The van der Waals surface area contributed by atoms with Gasteiger partial charge in [0, 0.05) is 31.4 Å². The summed E-state index contributed by atoms with van der Waals surface area (Å²) in [6, 6.07) is 3.83. The quantitative estimate of drug-likeness (QED) is 0.655. The molecule has 6 nitrogen and oxygen atoms in total. The molecule has 1 unspecified atom stereocenters. The molecule has 1 aromatic heterocycles. The highest BCUT2D eigenvalue weighted by Crippen LogP contribution is 2.30. The van der Waals surface area contributed by atoms with Crippen molar-refractivity contribution in [1.29, 1.82) is 0 Å². The predicted molar refractivity (Wildman–Crippen MR) is 79.8 cm³/mol. The van der Waals surface area contributed by atoms with Gasteiger partial charge in [0.05, 0.1) is 12.5 Å². The fourth-order valence-electron chi connectivity index (χ4n) is 3.17. The SMILES string of the molecule is O=C(NOCCN1CCCC1=O)C1CCCc2ncccc21. The minimum Gasteiger partial charge on any atom is -0.340 e. The molecular weight excluding hydrogens is 282 g/mol. The van der Waals surface area contributed by atoms with Gasteiger partial charge in [0.2, 0.25) is 5.91 Å². The number of nitrogens with one attached hydrogen (secondary N) is 1. The number of hydroxylamine groups is 1. The van der Waals surface area contributed by atoms with Gasteiger partial charge in [-0.25, -0.2) is 5.48 Å². The summed E-state index contributed by atoms with van der Waals surface area (Å²) in [5.41, 5.74) is 4.54. The van der Waals surface area contributed by atoms with Crippen LogP contribution in [0.2, 0.25) is 0 Å². The summed E-state index contributed by atoms with van der Waals surface area (Å²) in [5, 5.41) is 0. The van der Waals surface area contributed by atoms with Crippen LogP contribution < -0.4 is 5.48 Å². The molecule has 1 N–H and O–H groups in total. The predicted octanol–water partition coefficient (Wildman–Crippen LogP) is 1.17. The fourth-order valence-corrected chi connectivity index (χ4v) is 3.17. The maximum Gasteiger partial charge on any atom is 0.251 e. The second-order valence-corrected chi connectivity index (χ2v) is 5.78. The molecule has 1 aliphatic heterocycles. The van der Waals surface area contributed by atoms with Gasteiger partial charge >= 0.3 is 0 Å². The molecular formula is C16H21N3O3. The number of pyridine rings is 1. The highest BCUT2D eigenvalue weighted by molar-refractivity contribution is 5.83. The lowest BCUT2D eigenvalue weighted by molar-refractivity contribution is -0.136. The lowest BCUT2D eigenvalue weighted by Gasteiger charge is -2.23. The van der Waals surface area contributed by atoms with E-state index >= 15 is 0 Å². The molecule has 0 saturated carbocycles. The monoisotopic (exact) mass is 303 g/mol. The molecule has 2 amide bonds. The Morgan fingerprint density at radius 1 is 1.41 bits per heavy atom. The van der Waals surface area contributed by atoms with Crippen molar-refractivity contribution in [2.45, 2.75) is 38.0 Å². The first kappa shape index (κ1) is 15.0. The third-order valence-electron chi connectivity index (χ3n) is 4.33. The Hall–Kier alpha value is -1.95. The standard InChI is InChI=1S/C16H21N3O3/c20-15-7-3-9-19(15)10-11-22-18-16(21)13-4-1-6-14-12(13)5-2-8-17-14/h2,5,8,13H,1,3-4,6-7,9-11H2,(H,18,21). The van der Waals surface area contributed by atoms with Gasteiger partial charge in [-0.1, -0.05) is 6.07 Å². The van der Waals surface area contributed by atoms with Crippen LogP contribution >= 0.6 is 0 Å². The van der Waals surface area contributed by atoms with E-state index in [9.17, 15) is 9.59 Å². The van der Waals surface area contributed by atoms with Crippen molar-refractivity contribution in [1.82, 2.24) is 15.4 Å². The van der Waals surface area contributed by atoms with E-state index in [1.807, 2.05) is 12.1 Å². The molecule has 118 valence electrons. The van der Waals surface area contributed by atoms with E-state index in [1.54, 1.807) is 11.1 Å². The van der Waals surface area contributed by atoms with Crippen molar-refractivity contribution in [2.24, 2.45) is 0 Å². The van der Waals surface area contributed by atoms with Gasteiger partial charge in [-0.3, -0.25) is 19.4 Å². The molecule has 1 atom stereocenters. The molecule has 0 radical (unpaired) electrons. The largest absolute Gasteiger partial charge is 0.340 e. The smallest absolute Gasteiger partial charge is 0.251 e. The molecule has 1 fully saturated rings. The van der Waals surface area contributed by atoms with Gasteiger partial charge in [-0.15, -0.1) is 0 Å². The maximum atomic E-state index is 12.3. The first-order valence-electron chi connectivity index (χ1n) is 7.89. The molecule has 22 heavy (non-hydrogen) atoms. The third-order valence-corrected chi connectivity index (χ3v) is 4.33. The van der Waals surface area contributed by atoms with Gasteiger partial charge in [0.1, 0.15) is 0 Å². The number of likely N-dealkylation sites (tertiary alicyclic amines) is 1. The minimum atomic E-state index is -0.189. The molecule has 3 rings (SSSR count). The zero-order valence-electron chi connectivity index (χ0n) is 12.6. The lowest BCUT2D eigenvalue weighted by atomic mass is 9.85. The average molecular weight is 303 g/mol. The van der Waals surface area contributed by atoms with E-state index in [1.165, 1.54) is 0 Å². The van der Waals surface area contributed by atoms with Crippen LogP contribution in [0.25, 0.3) is 0 Å². The Balaban J connectivity index is 1.47. The Morgan fingerprint density at radius 3 is 3.14 bits per heavy atom. The molecule has 2 heterocycles. The molecule has 2 aliphatic rings. The van der Waals surface area contributed by atoms with Crippen LogP contribution in [-0.2, 0) is 20.8 Å². The molecule has 1 saturated heterocycles. The van der Waals surface area contributed by atoms with E-state index in [-0.39, 0.29) is 17.7 Å². The number of amides is 2. The second-order valence-electron chi connectivity index (χ2n) is 5.78. The molecule has 0 aromatic carbocycles. The number of hydrogen-bond acceptors (Lipinski definition) is 4. The van der Waals surface area contributed by atoms with Crippen LogP contribution in [0.1, 0.15) is 42.9 Å². The molecule has 1 aliphatic carbocycles. The Labute approximate surface area is 129 Å². The summed E-state index contributed by atoms with van der Waals surface area (Å²) in [6.07, 6.45) is 6.01. The number of carbonyl (C=O) groups is 2. The van der Waals surface area contributed by atoms with Gasteiger partial charge in [0.25, 0.3) is 5.91 Å². The van der Waals surface area contributed by atoms with Gasteiger partial charge in [-0.05, 0) is 37.3 Å². The van der Waals surface area contributed by atoms with Crippen molar-refractivity contribution in [3.05, 3.63) is 29.6 Å². The van der Waals surface area contributed by atoms with Crippen molar-refractivity contribution in [2.75, 3.05) is 19.7 Å². The number of carbonyl (C=O) groups excluding carboxylic acids is 2. The van der Waals surface area contributed by atoms with Crippen LogP contribution in [0.5, 0.6) is 0 Å². The average Bonchev–Trinajstić information content (AvgIpc) is 2.96. The Bertz CT molecular complexity index is 561. The lowest BCUT2D eigenvalue weighted by Crippen LogP contribution is -2.35. The topological polar surface area (TPSA) is 71.5 Å². The van der Waals surface area contributed by atoms with Crippen molar-refractivity contribution in [3.63, 3.8) is 0 Å². The van der Waals surface area contributed by atoms with Crippen LogP contribution in [0, 0.1) is 0 Å². The summed E-state index contributed by atoms with van der Waals surface area (Å²) in [7, 11) is 0. The van der Waals surface area contributed by atoms with Gasteiger partial charge in [-0.2, -0.15) is 0 Å². The van der Waals surface area contributed by atoms with Gasteiger partial charge < -0.3 is 4.90 Å². The number of nitrogens with zero attached hydrogens (tertiary/aromatic N) is 2. The number of hydrogen-bond donors (Lipinski definition) is 1. The fraction of sp³-hybridized carbons (Fsp3) is 0.562. The van der Waals surface area contributed by atoms with E-state index in [2.05, 4.69) is 10.5 Å². The number of aromatic nitrogens is 1. The first-order valence-corrected chi connectivity index (χ1v) is 7.89. The van der Waals surface area contributed by atoms with Crippen molar-refractivity contribution >= 4 is 11.8 Å². The molecule has 6 heteroatoms. The second kappa shape index (κ2) is 6.87. The van der Waals surface area contributed by atoms with E-state index in [0.717, 1.165) is 43.5 Å². The molecule has 1 aromatic rings. The molecule has 0 bridgehead atoms. The maximum absolute atomic E-state index is 12.3. The Kier molecular flexibility index (Phi) is 4.68. The van der Waals surface area contributed by atoms with Crippen LogP contribution in [0.3, 0.4) is 0 Å². The summed E-state index contributed by atoms with van der Waals surface area (Å²) in [6.45, 7) is 1.64. The third kappa shape index (κ3) is 3.27. The van der Waals surface area contributed by atoms with E-state index in [0.29, 0.717) is 19.6 Å². The summed E-state index contributed by atoms with van der Waals surface area (Å²) in [5.74, 6) is -0.144. The zero-order valence-corrected chi connectivity index (χ0v) is 12.6. The van der Waals surface area contributed by atoms with Crippen LogP contribution in [-0.4, -0.2) is 41.4 Å². The summed E-state index contributed by atoms with van der Waals surface area (Å²) in [4.78, 5) is 35.1. The Morgan fingerprint density at radius 2 is 2.32 bits per heavy atom. The highest BCUT2D eigenvalue weighted by Gasteiger charge is 2.27. The first-order chi connectivity index (χ1) is 10.8. The summed E-state index contributed by atoms with van der Waals surface area (Å²) < 4.78 is 0. The normalized spacial score (nSPS) is 20.8. The zero-order chi connectivity index (χ0) is 15.4. The number of aryl methyl sites for hydroxylation is 1. The summed E-state index contributed by atoms with van der Waals surface area (Å²) >= 11 is 0. The minimum absolute atomic E-state index is 0.123. The molecule has 0 spiro atoms. The van der Waals surface area contributed by atoms with Crippen molar-refractivity contribution < 1.29 is 14.4 Å². The van der Waals surface area contributed by atoms with Crippen LogP contribution in [0.4, 0.5) is 0 Å². The van der Waals surface area contributed by atoms with Gasteiger partial charge in [0.15, 0.2) is 0 Å². The number of rotatable bonds is 5. The number of fused-ring (bicyclic) bond motifs is 1. The highest BCUT2D eigenvalue weighted by atomic mass is 16.7. The van der Waals surface area contributed by atoms with E-state index < -0.39 is 0 Å². The van der Waals surface area contributed by atoms with E-state index in [4.69, 9.17) is 4.84 Å². The van der Waals surface area contributed by atoms with Crippen LogP contribution in [0.15, 0.2) is 18.3 Å². The van der Waals surface area contributed by atoms with Crippen molar-refractivity contribution in [3.8, 4) is 0 Å².